The molecule has 0 heterocycles. The number of alkyl halides is 3. The first kappa shape index (κ1) is 15.7. The van der Waals surface area contributed by atoms with Crippen molar-refractivity contribution >= 4 is 9.84 Å². The van der Waals surface area contributed by atoms with Crippen molar-refractivity contribution in [3.8, 4) is 0 Å². The summed E-state index contributed by atoms with van der Waals surface area (Å²) in [4.78, 5) is 0. The summed E-state index contributed by atoms with van der Waals surface area (Å²) in [5, 5.41) is 2.71. The monoisotopic (exact) mass is 261 g/mol. The van der Waals surface area contributed by atoms with E-state index >= 15 is 0 Å². The first-order valence-electron chi connectivity index (χ1n) is 5.12. The van der Waals surface area contributed by atoms with E-state index in [1.54, 1.807) is 6.92 Å². The van der Waals surface area contributed by atoms with E-state index in [-0.39, 0.29) is 18.6 Å². The maximum Gasteiger partial charge on any atom is 0.390 e. The average molecular weight is 261 g/mol. The Morgan fingerprint density at radius 1 is 1.31 bits per heavy atom. The molecule has 0 radical (unpaired) electrons. The highest BCUT2D eigenvalue weighted by Crippen LogP contribution is 2.23. The molecule has 98 valence electrons. The molecule has 1 unspecified atom stereocenters. The lowest BCUT2D eigenvalue weighted by Gasteiger charge is -2.19. The van der Waals surface area contributed by atoms with Crippen LogP contribution in [0.2, 0.25) is 0 Å². The highest BCUT2D eigenvalue weighted by molar-refractivity contribution is 7.90. The van der Waals surface area contributed by atoms with Crippen molar-refractivity contribution in [1.82, 2.24) is 5.32 Å². The molecule has 0 amide bonds. The zero-order valence-corrected chi connectivity index (χ0v) is 10.3. The summed E-state index contributed by atoms with van der Waals surface area (Å²) in [6.07, 6.45) is -3.56. The first-order valence-corrected chi connectivity index (χ1v) is 7.18. The van der Waals surface area contributed by atoms with Crippen LogP contribution < -0.4 is 5.32 Å². The SMILES string of the molecule is CCNC(CCCS(C)(=O)=O)CC(F)(F)F. The second-order valence-corrected chi connectivity index (χ2v) is 6.11. The van der Waals surface area contributed by atoms with Crippen molar-refractivity contribution in [3.05, 3.63) is 0 Å². The van der Waals surface area contributed by atoms with Crippen LogP contribution in [0.15, 0.2) is 0 Å². The Morgan fingerprint density at radius 2 is 1.88 bits per heavy atom. The molecule has 0 saturated carbocycles. The molecule has 16 heavy (non-hydrogen) atoms. The number of hydrogen-bond donors (Lipinski definition) is 1. The van der Waals surface area contributed by atoms with E-state index in [1.807, 2.05) is 0 Å². The molecule has 0 bridgehead atoms. The van der Waals surface area contributed by atoms with Gasteiger partial charge in [0.15, 0.2) is 0 Å². The highest BCUT2D eigenvalue weighted by atomic mass is 32.2. The van der Waals surface area contributed by atoms with Crippen molar-refractivity contribution in [1.29, 1.82) is 0 Å². The van der Waals surface area contributed by atoms with Gasteiger partial charge in [0.25, 0.3) is 0 Å². The van der Waals surface area contributed by atoms with Gasteiger partial charge in [0.1, 0.15) is 9.84 Å². The minimum absolute atomic E-state index is 0.0627. The van der Waals surface area contributed by atoms with Gasteiger partial charge in [-0.25, -0.2) is 8.42 Å². The van der Waals surface area contributed by atoms with Crippen LogP contribution in [0, 0.1) is 0 Å². The average Bonchev–Trinajstić information content (AvgIpc) is 1.98. The van der Waals surface area contributed by atoms with E-state index < -0.39 is 28.5 Å². The first-order chi connectivity index (χ1) is 7.14. The fraction of sp³-hybridized carbons (Fsp3) is 1.00. The molecule has 0 aromatic carbocycles. The van der Waals surface area contributed by atoms with Crippen LogP contribution in [0.1, 0.15) is 26.2 Å². The minimum atomic E-state index is -4.21. The molecule has 3 nitrogen and oxygen atoms in total. The number of sulfone groups is 1. The molecule has 0 aromatic heterocycles. The Bertz CT molecular complexity index is 288. The zero-order chi connectivity index (χ0) is 12.8. The minimum Gasteiger partial charge on any atom is -0.314 e. The Labute approximate surface area is 94.3 Å². The molecule has 1 N–H and O–H groups in total. The van der Waals surface area contributed by atoms with Gasteiger partial charge < -0.3 is 5.32 Å². The molecular formula is C9H18F3NO2S. The molecular weight excluding hydrogens is 243 g/mol. The van der Waals surface area contributed by atoms with Gasteiger partial charge in [-0.15, -0.1) is 0 Å². The normalized spacial score (nSPS) is 15.1. The van der Waals surface area contributed by atoms with Crippen molar-refractivity contribution < 1.29 is 21.6 Å². The van der Waals surface area contributed by atoms with Gasteiger partial charge in [-0.1, -0.05) is 6.92 Å². The van der Waals surface area contributed by atoms with E-state index in [0.717, 1.165) is 6.26 Å². The third kappa shape index (κ3) is 10.2. The number of hydrogen-bond acceptors (Lipinski definition) is 3. The third-order valence-electron chi connectivity index (χ3n) is 2.04. The number of nitrogens with one attached hydrogen (secondary N) is 1. The summed E-state index contributed by atoms with van der Waals surface area (Å²) < 4.78 is 58.0. The van der Waals surface area contributed by atoms with Gasteiger partial charge in [0.05, 0.1) is 6.42 Å². The lowest BCUT2D eigenvalue weighted by atomic mass is 10.1. The fourth-order valence-corrected chi connectivity index (χ4v) is 2.13. The summed E-state index contributed by atoms with van der Waals surface area (Å²) in [7, 11) is -3.09. The second kappa shape index (κ2) is 6.44. The van der Waals surface area contributed by atoms with Gasteiger partial charge in [0, 0.05) is 18.1 Å². The lowest BCUT2D eigenvalue weighted by Crippen LogP contribution is -2.34. The molecule has 0 aliphatic carbocycles. The Hall–Kier alpha value is -0.300. The number of rotatable bonds is 7. The van der Waals surface area contributed by atoms with E-state index in [2.05, 4.69) is 5.32 Å². The standard InChI is InChI=1S/C9H18F3NO2S/c1-3-13-8(7-9(10,11)12)5-4-6-16(2,14)15/h8,13H,3-7H2,1-2H3. The molecule has 0 rings (SSSR count). The van der Waals surface area contributed by atoms with Gasteiger partial charge in [-0.2, -0.15) is 13.2 Å². The maximum absolute atomic E-state index is 12.1. The van der Waals surface area contributed by atoms with E-state index in [0.29, 0.717) is 6.54 Å². The van der Waals surface area contributed by atoms with E-state index in [4.69, 9.17) is 0 Å². The highest BCUT2D eigenvalue weighted by Gasteiger charge is 2.31. The lowest BCUT2D eigenvalue weighted by molar-refractivity contribution is -0.140. The van der Waals surface area contributed by atoms with Crippen molar-refractivity contribution in [2.45, 2.75) is 38.4 Å². The molecule has 1 atom stereocenters. The molecule has 0 aromatic rings. The van der Waals surface area contributed by atoms with Gasteiger partial charge in [0.2, 0.25) is 0 Å². The van der Waals surface area contributed by atoms with Crippen LogP contribution in [-0.4, -0.2) is 39.2 Å². The number of halogens is 3. The molecule has 0 aliphatic rings. The Kier molecular flexibility index (Phi) is 6.32. The van der Waals surface area contributed by atoms with Crippen molar-refractivity contribution in [2.75, 3.05) is 18.6 Å². The summed E-state index contributed by atoms with van der Waals surface area (Å²) in [6.45, 7) is 2.17. The van der Waals surface area contributed by atoms with E-state index in [9.17, 15) is 21.6 Å². The van der Waals surface area contributed by atoms with Crippen LogP contribution in [0.25, 0.3) is 0 Å². The van der Waals surface area contributed by atoms with Crippen molar-refractivity contribution in [2.24, 2.45) is 0 Å². The van der Waals surface area contributed by atoms with Gasteiger partial charge in [-0.3, -0.25) is 0 Å². The molecule has 7 heteroatoms. The summed E-state index contributed by atoms with van der Waals surface area (Å²) in [6, 6.07) is -0.688. The van der Waals surface area contributed by atoms with Gasteiger partial charge in [-0.05, 0) is 19.4 Å². The molecule has 0 saturated heterocycles. The van der Waals surface area contributed by atoms with Crippen LogP contribution in [0.4, 0.5) is 13.2 Å². The summed E-state index contributed by atoms with van der Waals surface area (Å²) >= 11 is 0. The summed E-state index contributed by atoms with van der Waals surface area (Å²) in [5.41, 5.74) is 0. The Morgan fingerprint density at radius 3 is 2.25 bits per heavy atom. The molecule has 0 aliphatic heterocycles. The van der Waals surface area contributed by atoms with Crippen LogP contribution >= 0.6 is 0 Å². The van der Waals surface area contributed by atoms with Crippen molar-refractivity contribution in [3.63, 3.8) is 0 Å². The third-order valence-corrected chi connectivity index (χ3v) is 3.07. The quantitative estimate of drug-likeness (QED) is 0.759. The largest absolute Gasteiger partial charge is 0.390 e. The predicted molar refractivity (Wildman–Crippen MR) is 57.1 cm³/mol. The van der Waals surface area contributed by atoms with Crippen LogP contribution in [0.3, 0.4) is 0 Å². The smallest absolute Gasteiger partial charge is 0.314 e. The topological polar surface area (TPSA) is 46.2 Å². The molecule has 0 spiro atoms. The Balaban J connectivity index is 4.04. The zero-order valence-electron chi connectivity index (χ0n) is 9.47. The van der Waals surface area contributed by atoms with Gasteiger partial charge >= 0.3 is 6.18 Å². The van der Waals surface area contributed by atoms with Crippen LogP contribution in [0.5, 0.6) is 0 Å². The van der Waals surface area contributed by atoms with Crippen LogP contribution in [-0.2, 0) is 9.84 Å². The second-order valence-electron chi connectivity index (χ2n) is 3.85. The predicted octanol–water partition coefficient (Wildman–Crippen LogP) is 1.74. The van der Waals surface area contributed by atoms with E-state index in [1.165, 1.54) is 0 Å². The maximum atomic E-state index is 12.1. The summed E-state index contributed by atoms with van der Waals surface area (Å²) in [5.74, 6) is -0.0627. The molecule has 0 fully saturated rings. The fourth-order valence-electron chi connectivity index (χ4n) is 1.44.